The van der Waals surface area contributed by atoms with E-state index < -0.39 is 54.5 Å². The number of ether oxygens (including phenoxy) is 2. The fourth-order valence-electron chi connectivity index (χ4n) is 11.0. The molecule has 4 aliphatic rings. The van der Waals surface area contributed by atoms with E-state index in [0.29, 0.717) is 65.9 Å². The van der Waals surface area contributed by atoms with Crippen molar-refractivity contribution in [3.8, 4) is 34.8 Å². The minimum atomic E-state index is -5.81. The van der Waals surface area contributed by atoms with Crippen molar-refractivity contribution >= 4 is 155 Å². The number of unbranched alkanes of at least 4 members (excludes halogenated alkanes) is 1. The van der Waals surface area contributed by atoms with E-state index in [-0.39, 0.29) is 201 Å². The van der Waals surface area contributed by atoms with E-state index in [1.807, 2.05) is 49.4 Å². The van der Waals surface area contributed by atoms with E-state index >= 15 is 0 Å². The van der Waals surface area contributed by atoms with Gasteiger partial charge in [0.15, 0.2) is 0 Å². The van der Waals surface area contributed by atoms with Crippen LogP contribution in [0.15, 0.2) is 149 Å². The van der Waals surface area contributed by atoms with Gasteiger partial charge in [-0.05, 0) is 0 Å². The average Bonchev–Trinajstić information content (AvgIpc) is 1.56. The van der Waals surface area contributed by atoms with Crippen LogP contribution in [0.2, 0.25) is 0 Å². The number of phenols is 2. The second kappa shape index (κ2) is 23.7. The number of hydrogen-bond donors (Lipinski definition) is 5. The molecule has 5 N–H and O–H groups in total. The van der Waals surface area contributed by atoms with Crippen LogP contribution in [0.4, 0.5) is 11.6 Å². The van der Waals surface area contributed by atoms with Crippen LogP contribution in [0.3, 0.4) is 0 Å². The van der Waals surface area contributed by atoms with Gasteiger partial charge in [-0.3, -0.25) is 0 Å². The van der Waals surface area contributed by atoms with E-state index in [4.69, 9.17) is 51.3 Å². The van der Waals surface area contributed by atoms with E-state index in [2.05, 4.69) is 16.9 Å². The molecular weight excluding hydrogens is 1290 g/mol. The average molecular weight is 1330 g/mol. The number of rotatable bonds is 12. The maximum atomic E-state index is 14.0. The first-order valence-corrected chi connectivity index (χ1v) is 33.0. The van der Waals surface area contributed by atoms with Gasteiger partial charge in [0.1, 0.15) is 0 Å². The van der Waals surface area contributed by atoms with Crippen molar-refractivity contribution in [1.29, 1.82) is 0 Å². The minimum Gasteiger partial charge on any atom is -1.00 e. The van der Waals surface area contributed by atoms with Crippen molar-refractivity contribution in [2.24, 2.45) is 30.0 Å². The molecule has 0 saturated carbocycles. The summed E-state index contributed by atoms with van der Waals surface area (Å²) in [5, 5.41) is 42.3. The van der Waals surface area contributed by atoms with Crippen LogP contribution in [-0.2, 0) is 32.2 Å². The smallest absolute Gasteiger partial charge is 1.00 e. The van der Waals surface area contributed by atoms with Gasteiger partial charge in [-0.1, -0.05) is 0 Å². The summed E-state index contributed by atoms with van der Waals surface area (Å²) >= 11 is -5.06. The molecule has 0 amide bonds. The Morgan fingerprint density at radius 2 is 1.09 bits per heavy atom. The van der Waals surface area contributed by atoms with Gasteiger partial charge in [0.05, 0.1) is 0 Å². The van der Waals surface area contributed by atoms with Crippen LogP contribution in [0.5, 0.6) is 23.0 Å². The van der Waals surface area contributed by atoms with Gasteiger partial charge in [-0.2, -0.15) is 0 Å². The molecule has 10 aromatic rings. The van der Waals surface area contributed by atoms with Gasteiger partial charge >= 0.3 is 563 Å². The Kier molecular flexibility index (Phi) is 17.1. The van der Waals surface area contributed by atoms with Gasteiger partial charge in [0, 0.05) is 0 Å². The SMILES string of the molecule is CC#CCOc1c2ccccc2c(OCCCC)c2c3[n]4c(c12)N=C1N=C(N=c2c5c(O)c6ccccc6c(O)c5c([n]2[In]4[O]S(=O)(=O)O)=NC2=NC(=N3)c3cc4cc(S(=O)(=O)O)ccc4cc32)c2cc3cc(SOOO)ccc3cc21.[H-].[H-].[H-].[Na+].[Na+].[Na+]. The first-order chi connectivity index (χ1) is 39.6. The van der Waals surface area contributed by atoms with Gasteiger partial charge in [-0.15, -0.1) is 0 Å². The van der Waals surface area contributed by atoms with Gasteiger partial charge in [0.25, 0.3) is 0 Å². The molecule has 6 bridgehead atoms. The molecule has 29 heteroatoms. The maximum Gasteiger partial charge on any atom is 1.00 e. The van der Waals surface area contributed by atoms with Crippen molar-refractivity contribution in [1.82, 2.24) is 5.11 Å². The number of aliphatic imine (C=N–C) groups is 4. The van der Waals surface area contributed by atoms with Crippen molar-refractivity contribution in [3.63, 3.8) is 0 Å². The van der Waals surface area contributed by atoms with Crippen LogP contribution >= 0.6 is 12.0 Å². The van der Waals surface area contributed by atoms with Crippen LogP contribution in [0.1, 0.15) is 53.2 Å². The molecule has 0 atom stereocenters. The molecule has 14 rings (SSSR count). The van der Waals surface area contributed by atoms with Crippen LogP contribution in [0, 0.1) is 11.8 Å². The molecule has 0 unspecified atom stereocenters. The third-order valence-corrected chi connectivity index (χ3v) is 25.2. The van der Waals surface area contributed by atoms with Crippen molar-refractivity contribution in [2.75, 3.05) is 13.2 Å². The zero-order valence-corrected chi connectivity index (χ0v) is 57.3. The Hall–Kier alpha value is -5.20. The normalized spacial score (nSPS) is 13.7. The topological polar surface area (TPSA) is 300 Å². The standard InChI is InChI=1S/C56H36N8O10S2.In.3Na.H2O4S.3H/c1-3-5-19-71-47-35-13-9-10-14-36(35)48(72-20-6-4-2)44-43(47)55-61-50-37-23-27-15-17-31(75-74-73-67)21-29(27)25-39(37)51(58-50)60-54-42-41(45(65)33-11-7-8-12-34(33)46(42)66)53(63-54)59-49-38-24-28-16-18-32(76(68,69)70)22-30(28)26-40(38)52(57-49)62-56(44)64-55;;;;;1-5(2,3)4;;;/h7-18,21-26H,4,6,19-20H2,1-2H3,(H4-2,57,58,59,60,61,62,63,64,65,66,67,68,69,70);;;;;(H2,1,2,3,4);;;/q-2;+3;3*+1;;3*-1/p-1. The third kappa shape index (κ3) is 10.4. The molecule has 2 aromatic heterocycles. The largest absolute Gasteiger partial charge is 1.00 e. The Morgan fingerprint density at radius 1 is 0.600 bits per heavy atom. The molecule has 22 nitrogen and oxygen atoms in total. The fourth-order valence-corrected chi connectivity index (χ4v) is 20.9. The zero-order chi connectivity index (χ0) is 56.5. The Bertz CT molecular complexity index is 5200. The maximum absolute atomic E-state index is 14.0. The van der Waals surface area contributed by atoms with Crippen LogP contribution < -0.4 is 109 Å². The first kappa shape index (κ1) is 61.4. The quantitative estimate of drug-likeness (QED) is 0.0161. The summed E-state index contributed by atoms with van der Waals surface area (Å²) in [6.07, 6.45) is 1.34. The van der Waals surface area contributed by atoms with E-state index in [1.54, 1.807) is 55.5 Å². The zero-order valence-electron chi connectivity index (χ0n) is 48.5. The summed E-state index contributed by atoms with van der Waals surface area (Å²) in [6, 6.07) is 30.2. The molecule has 0 radical (unpaired) electrons. The summed E-state index contributed by atoms with van der Waals surface area (Å²) in [6.45, 7) is 3.72. The minimum absolute atomic E-state index is 0. The molecule has 412 valence electrons. The number of nitrogens with zero attached hydrogens (tertiary/aromatic N) is 8. The molecular formula is C56H40InN8Na3O14S3. The van der Waals surface area contributed by atoms with Crippen molar-refractivity contribution < 1.29 is 156 Å². The number of fused-ring (bicyclic) bond motifs is 18. The molecule has 0 spiro atoms. The van der Waals surface area contributed by atoms with Crippen LogP contribution in [0.25, 0.3) is 64.6 Å². The predicted octanol–water partition coefficient (Wildman–Crippen LogP) is 0.370. The predicted molar refractivity (Wildman–Crippen MR) is 310 cm³/mol. The number of aromatic nitrogens is 2. The monoisotopic (exact) mass is 1330 g/mol. The Balaban J connectivity index is 0.00000167. The first-order valence-electron chi connectivity index (χ1n) is 25.1. The second-order valence-electron chi connectivity index (χ2n) is 19.2. The van der Waals surface area contributed by atoms with E-state index in [9.17, 15) is 36.2 Å². The molecule has 85 heavy (non-hydrogen) atoms. The number of phenolic OH excluding ortho intramolecular Hbond substituents is 2. The molecule has 4 aliphatic heterocycles. The summed E-state index contributed by atoms with van der Waals surface area (Å²) in [4.78, 5) is 31.7. The third-order valence-electron chi connectivity index (χ3n) is 14.5. The van der Waals surface area contributed by atoms with Gasteiger partial charge in [0.2, 0.25) is 0 Å². The van der Waals surface area contributed by atoms with Gasteiger partial charge in [-0.25, -0.2) is 5.26 Å². The van der Waals surface area contributed by atoms with Gasteiger partial charge < -0.3 is 4.28 Å². The number of hydrogen-bond acceptors (Lipinski definition) is 19. The summed E-state index contributed by atoms with van der Waals surface area (Å²) in [5.41, 5.74) is 1.10. The second-order valence-corrected chi connectivity index (χ2v) is 28.9. The number of amidine groups is 4. The summed E-state index contributed by atoms with van der Waals surface area (Å²) in [7, 11) is -10.2. The number of aromatic hydroxyl groups is 2. The van der Waals surface area contributed by atoms with Crippen molar-refractivity contribution in [2.45, 2.75) is 36.5 Å². The van der Waals surface area contributed by atoms with E-state index in [1.165, 1.54) is 23.3 Å². The Morgan fingerprint density at radius 3 is 1.60 bits per heavy atom. The van der Waals surface area contributed by atoms with E-state index in [0.717, 1.165) is 18.5 Å². The number of benzene rings is 8. The fraction of sp³-hybridized carbons (Fsp3) is 0.107. The molecule has 0 fully saturated rings. The van der Waals surface area contributed by atoms with Crippen LogP contribution in [-0.4, -0.2) is 106 Å². The molecule has 0 saturated heterocycles. The summed E-state index contributed by atoms with van der Waals surface area (Å²) < 4.78 is 102. The molecule has 6 heterocycles. The Labute approximate surface area is 565 Å². The summed E-state index contributed by atoms with van der Waals surface area (Å²) in [5.74, 6) is 5.49. The molecule has 0 aliphatic carbocycles. The molecule has 8 aromatic carbocycles. The van der Waals surface area contributed by atoms with Crippen molar-refractivity contribution in [3.05, 3.63) is 142 Å².